The van der Waals surface area contributed by atoms with Crippen molar-refractivity contribution in [2.24, 2.45) is 0 Å². The molecule has 1 aromatic rings. The van der Waals surface area contributed by atoms with E-state index in [0.717, 1.165) is 12.8 Å². The summed E-state index contributed by atoms with van der Waals surface area (Å²) in [5.41, 5.74) is 0. The molecule has 0 saturated heterocycles. The summed E-state index contributed by atoms with van der Waals surface area (Å²) in [4.78, 5) is 0.238. The van der Waals surface area contributed by atoms with E-state index in [1.807, 2.05) is 0 Å². The molecule has 0 aliphatic heterocycles. The summed E-state index contributed by atoms with van der Waals surface area (Å²) in [7, 11) is -3.57. The van der Waals surface area contributed by atoms with Crippen LogP contribution in [0.15, 0.2) is 35.2 Å². The summed E-state index contributed by atoms with van der Waals surface area (Å²) < 4.78 is 28.8. The molecule has 1 aromatic carbocycles. The van der Waals surface area contributed by atoms with E-state index in [0.29, 0.717) is 0 Å². The van der Waals surface area contributed by atoms with Crippen LogP contribution in [0.25, 0.3) is 0 Å². The third kappa shape index (κ3) is 11.3. The summed E-state index contributed by atoms with van der Waals surface area (Å²) >= 11 is 0. The molecule has 0 bridgehead atoms. The Morgan fingerprint density at radius 1 is 0.783 bits per heavy atom. The molecule has 0 N–H and O–H groups in total. The molecular formula is C18H32O3PbS. The van der Waals surface area contributed by atoms with E-state index in [9.17, 15) is 8.42 Å². The molecule has 0 unspecified atom stereocenters. The second-order valence-corrected chi connectivity index (χ2v) is 7.39. The quantitative estimate of drug-likeness (QED) is 0.214. The SMILES string of the molecule is CCCCCCCCCCCCOS(=O)(=O)c1ccccc1.[PbH2]. The van der Waals surface area contributed by atoms with Gasteiger partial charge in [0.25, 0.3) is 10.1 Å². The predicted octanol–water partition coefficient (Wildman–Crippen LogP) is 4.40. The molecule has 0 aliphatic rings. The van der Waals surface area contributed by atoms with Crippen LogP contribution in [0.5, 0.6) is 0 Å². The predicted molar refractivity (Wildman–Crippen MR) is 100.0 cm³/mol. The van der Waals surface area contributed by atoms with Gasteiger partial charge in [0.15, 0.2) is 0 Å². The maximum absolute atomic E-state index is 11.9. The Balaban J connectivity index is 0.00000484. The Labute approximate surface area is 162 Å². The molecule has 0 aliphatic carbocycles. The molecular weight excluding hydrogens is 503 g/mol. The second kappa shape index (κ2) is 14.4. The van der Waals surface area contributed by atoms with Crippen LogP contribution in [0, 0.1) is 0 Å². The molecule has 0 saturated carbocycles. The van der Waals surface area contributed by atoms with Gasteiger partial charge in [-0.3, -0.25) is 4.18 Å². The number of unbranched alkanes of at least 4 members (excludes halogenated alkanes) is 9. The Hall–Kier alpha value is 0.0521. The van der Waals surface area contributed by atoms with E-state index in [2.05, 4.69) is 6.92 Å². The van der Waals surface area contributed by atoms with Crippen molar-refractivity contribution in [3.8, 4) is 0 Å². The first-order valence-corrected chi connectivity index (χ1v) is 10.0. The zero-order valence-electron chi connectivity index (χ0n) is 14.5. The summed E-state index contributed by atoms with van der Waals surface area (Å²) in [5, 5.41) is 0. The Morgan fingerprint density at radius 3 is 1.78 bits per heavy atom. The van der Waals surface area contributed by atoms with Gasteiger partial charge < -0.3 is 0 Å². The van der Waals surface area contributed by atoms with Crippen molar-refractivity contribution < 1.29 is 12.6 Å². The van der Waals surface area contributed by atoms with Gasteiger partial charge in [0, 0.05) is 0 Å². The average molecular weight is 536 g/mol. The molecule has 0 aromatic heterocycles. The number of rotatable bonds is 13. The molecule has 0 fully saturated rings. The van der Waals surface area contributed by atoms with Gasteiger partial charge >= 0.3 is 27.3 Å². The zero-order valence-corrected chi connectivity index (χ0v) is 20.8. The van der Waals surface area contributed by atoms with Crippen LogP contribution in [-0.4, -0.2) is 42.3 Å². The average Bonchev–Trinajstić information content (AvgIpc) is 2.53. The molecule has 132 valence electrons. The van der Waals surface area contributed by atoms with E-state index < -0.39 is 10.1 Å². The van der Waals surface area contributed by atoms with Gasteiger partial charge in [-0.05, 0) is 18.6 Å². The molecule has 1 rings (SSSR count). The Bertz CT molecular complexity index is 474. The fraction of sp³-hybridized carbons (Fsp3) is 0.667. The number of benzene rings is 1. The molecule has 3 nitrogen and oxygen atoms in total. The van der Waals surface area contributed by atoms with Gasteiger partial charge in [0.2, 0.25) is 0 Å². The second-order valence-electron chi connectivity index (χ2n) is 5.77. The van der Waals surface area contributed by atoms with Crippen molar-refractivity contribution in [2.45, 2.75) is 76.0 Å². The molecule has 0 heterocycles. The van der Waals surface area contributed by atoms with Gasteiger partial charge in [-0.1, -0.05) is 82.9 Å². The van der Waals surface area contributed by atoms with E-state index in [4.69, 9.17) is 4.18 Å². The first kappa shape index (κ1) is 23.1. The van der Waals surface area contributed by atoms with Gasteiger partial charge in [-0.25, -0.2) is 0 Å². The summed E-state index contributed by atoms with van der Waals surface area (Å²) in [6.07, 6.45) is 12.3. The van der Waals surface area contributed by atoms with Crippen LogP contribution in [-0.2, 0) is 14.3 Å². The zero-order chi connectivity index (χ0) is 16.1. The molecule has 0 atom stereocenters. The van der Waals surface area contributed by atoms with Crippen molar-refractivity contribution in [3.63, 3.8) is 0 Å². The molecule has 5 heteroatoms. The van der Waals surface area contributed by atoms with Crippen molar-refractivity contribution >= 4 is 37.4 Å². The van der Waals surface area contributed by atoms with Crippen LogP contribution in [0.1, 0.15) is 71.1 Å². The first-order chi connectivity index (χ1) is 10.7. The topological polar surface area (TPSA) is 43.4 Å². The van der Waals surface area contributed by atoms with Crippen LogP contribution < -0.4 is 0 Å². The van der Waals surface area contributed by atoms with Crippen LogP contribution in [0.2, 0.25) is 0 Å². The molecule has 0 amide bonds. The number of hydrogen-bond donors (Lipinski definition) is 0. The van der Waals surface area contributed by atoms with Crippen LogP contribution in [0.3, 0.4) is 0 Å². The van der Waals surface area contributed by atoms with Gasteiger partial charge in [0.05, 0.1) is 11.5 Å². The Kier molecular flexibility index (Phi) is 14.4. The summed E-state index contributed by atoms with van der Waals surface area (Å²) in [5.74, 6) is 0. The standard InChI is InChI=1S/C18H30O3S.Pb.2H/c1-2-3-4-5-6-7-8-9-10-14-17-21-22(19,20)18-15-12-11-13-16-18;;;/h11-13,15-16H,2-10,14,17H2,1H3;;;. The number of hydrogen-bond acceptors (Lipinski definition) is 3. The summed E-state index contributed by atoms with van der Waals surface area (Å²) in [6, 6.07) is 8.33. The van der Waals surface area contributed by atoms with E-state index >= 15 is 0 Å². The molecule has 2 radical (unpaired) electrons. The summed E-state index contributed by atoms with van der Waals surface area (Å²) in [6.45, 7) is 2.52. The Morgan fingerprint density at radius 2 is 1.26 bits per heavy atom. The third-order valence-electron chi connectivity index (χ3n) is 3.77. The van der Waals surface area contributed by atoms with E-state index in [1.54, 1.807) is 30.3 Å². The fourth-order valence-electron chi connectivity index (χ4n) is 2.41. The normalized spacial score (nSPS) is 11.2. The fourth-order valence-corrected chi connectivity index (χ4v) is 3.38. The van der Waals surface area contributed by atoms with Crippen LogP contribution >= 0.6 is 0 Å². The van der Waals surface area contributed by atoms with E-state index in [1.165, 1.54) is 51.4 Å². The van der Waals surface area contributed by atoms with Crippen molar-refractivity contribution in [2.75, 3.05) is 6.61 Å². The van der Waals surface area contributed by atoms with Gasteiger partial charge in [-0.15, -0.1) is 0 Å². The maximum atomic E-state index is 11.9. The van der Waals surface area contributed by atoms with Crippen molar-refractivity contribution in [1.29, 1.82) is 0 Å². The third-order valence-corrected chi connectivity index (χ3v) is 5.09. The van der Waals surface area contributed by atoms with Crippen molar-refractivity contribution in [1.82, 2.24) is 0 Å². The first-order valence-electron chi connectivity index (χ1n) is 8.61. The van der Waals surface area contributed by atoms with Crippen LogP contribution in [0.4, 0.5) is 0 Å². The minimum absolute atomic E-state index is 0. The van der Waals surface area contributed by atoms with Gasteiger partial charge in [-0.2, -0.15) is 8.42 Å². The monoisotopic (exact) mass is 536 g/mol. The molecule has 0 spiro atoms. The van der Waals surface area contributed by atoms with Gasteiger partial charge in [0.1, 0.15) is 0 Å². The van der Waals surface area contributed by atoms with Crippen molar-refractivity contribution in [3.05, 3.63) is 30.3 Å². The van der Waals surface area contributed by atoms with E-state index in [-0.39, 0.29) is 38.8 Å². The minimum atomic E-state index is -3.57. The molecule has 23 heavy (non-hydrogen) atoms.